The number of carbonyl (C=O) groups is 1. The van der Waals surface area contributed by atoms with E-state index in [-0.39, 0.29) is 5.41 Å². The third-order valence-electron chi connectivity index (χ3n) is 8.33. The van der Waals surface area contributed by atoms with Crippen LogP contribution in [-0.4, -0.2) is 25.1 Å². The van der Waals surface area contributed by atoms with Crippen LogP contribution in [0, 0.1) is 47.0 Å². The van der Waals surface area contributed by atoms with E-state index in [1.807, 2.05) is 0 Å². The monoisotopic (exact) mass is 358 g/mol. The van der Waals surface area contributed by atoms with Crippen LogP contribution in [-0.2, 0) is 14.3 Å². The first-order chi connectivity index (χ1) is 12.6. The third kappa shape index (κ3) is 3.19. The number of hydrogen-bond donors (Lipinski definition) is 0. The van der Waals surface area contributed by atoms with Crippen molar-refractivity contribution in [2.45, 2.75) is 77.7 Å². The Kier molecular flexibility index (Phi) is 5.33. The smallest absolute Gasteiger partial charge is 0.139 e. The molecule has 0 amide bonds. The number of Topliss-reactive ketones (excluding diaryl/α,β-unsaturated/α-hetero) is 1. The van der Waals surface area contributed by atoms with Gasteiger partial charge in [0.2, 0.25) is 0 Å². The van der Waals surface area contributed by atoms with Crippen LogP contribution in [0.5, 0.6) is 0 Å². The van der Waals surface area contributed by atoms with Crippen molar-refractivity contribution in [3.8, 4) is 12.0 Å². The Morgan fingerprint density at radius 3 is 2.73 bits per heavy atom. The van der Waals surface area contributed by atoms with Crippen molar-refractivity contribution in [3.63, 3.8) is 0 Å². The average molecular weight is 359 g/mol. The van der Waals surface area contributed by atoms with Crippen molar-refractivity contribution < 1.29 is 14.3 Å². The molecular weight excluding hydrogens is 324 g/mol. The topological polar surface area (TPSA) is 35.5 Å². The lowest BCUT2D eigenvalue weighted by Crippen LogP contribution is -2.49. The zero-order valence-electron chi connectivity index (χ0n) is 16.5. The average Bonchev–Trinajstić information content (AvgIpc) is 2.96. The fourth-order valence-electron chi connectivity index (χ4n) is 7.11. The molecule has 0 aliphatic heterocycles. The fraction of sp³-hybridized carbons (Fsp3) is 0.870. The van der Waals surface area contributed by atoms with Gasteiger partial charge in [0.05, 0.1) is 12.7 Å². The third-order valence-corrected chi connectivity index (χ3v) is 8.33. The molecule has 0 saturated heterocycles. The van der Waals surface area contributed by atoms with Gasteiger partial charge in [-0.25, -0.2) is 0 Å². The van der Waals surface area contributed by atoms with Crippen molar-refractivity contribution in [2.24, 2.45) is 35.0 Å². The van der Waals surface area contributed by atoms with E-state index in [1.54, 1.807) is 6.92 Å². The van der Waals surface area contributed by atoms with Gasteiger partial charge in [0.25, 0.3) is 0 Å². The summed E-state index contributed by atoms with van der Waals surface area (Å²) in [7, 11) is 0. The molecule has 144 valence electrons. The Hall–Kier alpha value is -1.01. The zero-order chi connectivity index (χ0) is 18.1. The zero-order valence-corrected chi connectivity index (χ0v) is 16.5. The van der Waals surface area contributed by atoms with Crippen LogP contribution in [0.2, 0.25) is 0 Å². The Labute approximate surface area is 158 Å². The lowest BCUT2D eigenvalue weighted by molar-refractivity contribution is -0.134. The molecule has 3 heteroatoms. The molecule has 0 spiro atoms. The second kappa shape index (κ2) is 7.55. The summed E-state index contributed by atoms with van der Waals surface area (Å²) in [6, 6.07) is 0. The van der Waals surface area contributed by atoms with Crippen LogP contribution >= 0.6 is 0 Å². The van der Waals surface area contributed by atoms with Gasteiger partial charge in [-0.05, 0) is 81.0 Å². The standard InChI is InChI=1S/C23H34O3/c1-3-12-25-13-14-26-17-5-7-18-16(15-17)4-6-20-19(18)10-11-23(2)21(20)8-9-22(23)24/h16-21H,4-11,13-15H2,1-2H3/t16?,17?,18?,19?,20?,21?,23-/m0/s1. The second-order valence-electron chi connectivity index (χ2n) is 9.36. The highest BCUT2D eigenvalue weighted by Crippen LogP contribution is 2.61. The number of carbonyl (C=O) groups excluding carboxylic acids is 1. The minimum Gasteiger partial charge on any atom is -0.444 e. The minimum atomic E-state index is 0.0235. The molecule has 6 unspecified atom stereocenters. The van der Waals surface area contributed by atoms with E-state index < -0.39 is 0 Å². The van der Waals surface area contributed by atoms with Crippen molar-refractivity contribution in [1.29, 1.82) is 0 Å². The first-order valence-electron chi connectivity index (χ1n) is 10.8. The molecular formula is C23H34O3. The highest BCUT2D eigenvalue weighted by molar-refractivity contribution is 5.87. The van der Waals surface area contributed by atoms with E-state index in [0.717, 1.165) is 36.5 Å². The molecule has 0 aromatic rings. The van der Waals surface area contributed by atoms with E-state index in [2.05, 4.69) is 19.0 Å². The van der Waals surface area contributed by atoms with Gasteiger partial charge in [-0.2, -0.15) is 0 Å². The number of rotatable bonds is 4. The summed E-state index contributed by atoms with van der Waals surface area (Å²) >= 11 is 0. The molecule has 4 aliphatic carbocycles. The molecule has 4 saturated carbocycles. The van der Waals surface area contributed by atoms with Gasteiger partial charge in [0, 0.05) is 18.8 Å². The fourth-order valence-corrected chi connectivity index (χ4v) is 7.11. The van der Waals surface area contributed by atoms with Crippen LogP contribution < -0.4 is 0 Å². The molecule has 3 nitrogen and oxygen atoms in total. The summed E-state index contributed by atoms with van der Waals surface area (Å²) in [5.41, 5.74) is 0.0235. The van der Waals surface area contributed by atoms with E-state index in [1.165, 1.54) is 44.9 Å². The summed E-state index contributed by atoms with van der Waals surface area (Å²) in [6.07, 6.45) is 13.9. The number of fused-ring (bicyclic) bond motifs is 5. The second-order valence-corrected chi connectivity index (χ2v) is 9.36. The maximum Gasteiger partial charge on any atom is 0.139 e. The van der Waals surface area contributed by atoms with Crippen molar-refractivity contribution in [1.82, 2.24) is 0 Å². The first-order valence-corrected chi connectivity index (χ1v) is 10.8. The largest absolute Gasteiger partial charge is 0.444 e. The predicted octanol–water partition coefficient (Wildman–Crippen LogP) is 4.59. The van der Waals surface area contributed by atoms with Crippen LogP contribution in [0.3, 0.4) is 0 Å². The molecule has 4 rings (SSSR count). The highest BCUT2D eigenvalue weighted by atomic mass is 16.5. The predicted molar refractivity (Wildman–Crippen MR) is 101 cm³/mol. The lowest BCUT2D eigenvalue weighted by Gasteiger charge is -2.54. The summed E-state index contributed by atoms with van der Waals surface area (Å²) < 4.78 is 11.3. The van der Waals surface area contributed by atoms with Crippen molar-refractivity contribution >= 4 is 5.78 Å². The SMILES string of the molecule is CC#COCCOC1CCC2C(CCC3C2CC[C@]2(C)C(=O)CCC32)C1. The molecule has 0 radical (unpaired) electrons. The molecule has 0 bridgehead atoms. The maximum atomic E-state index is 12.5. The normalized spacial score (nSPS) is 44.3. The van der Waals surface area contributed by atoms with Crippen molar-refractivity contribution in [3.05, 3.63) is 0 Å². The number of ketones is 1. The highest BCUT2D eigenvalue weighted by Gasteiger charge is 2.56. The van der Waals surface area contributed by atoms with Gasteiger partial charge in [-0.1, -0.05) is 12.8 Å². The number of ether oxygens (including phenoxy) is 2. The van der Waals surface area contributed by atoms with Gasteiger partial charge in [-0.15, -0.1) is 0 Å². The summed E-state index contributed by atoms with van der Waals surface area (Å²) in [6.45, 7) is 5.30. The van der Waals surface area contributed by atoms with E-state index in [4.69, 9.17) is 9.47 Å². The van der Waals surface area contributed by atoms with Gasteiger partial charge in [-0.3, -0.25) is 4.79 Å². The molecule has 4 aliphatic rings. The quantitative estimate of drug-likeness (QED) is 0.545. The molecule has 0 aromatic heterocycles. The molecule has 0 aromatic carbocycles. The van der Waals surface area contributed by atoms with Crippen LogP contribution in [0.15, 0.2) is 0 Å². The van der Waals surface area contributed by atoms with Crippen LogP contribution in [0.1, 0.15) is 71.6 Å². The molecule has 0 heterocycles. The van der Waals surface area contributed by atoms with E-state index in [0.29, 0.717) is 31.0 Å². The van der Waals surface area contributed by atoms with Crippen LogP contribution in [0.4, 0.5) is 0 Å². The van der Waals surface area contributed by atoms with Gasteiger partial charge in [0.1, 0.15) is 18.5 Å². The van der Waals surface area contributed by atoms with Gasteiger partial charge >= 0.3 is 0 Å². The minimum absolute atomic E-state index is 0.0235. The molecule has 26 heavy (non-hydrogen) atoms. The molecule has 7 atom stereocenters. The van der Waals surface area contributed by atoms with Gasteiger partial charge in [0.15, 0.2) is 0 Å². The summed E-state index contributed by atoms with van der Waals surface area (Å²) in [5.74, 6) is 7.41. The Morgan fingerprint density at radius 1 is 1.04 bits per heavy atom. The first kappa shape index (κ1) is 18.4. The van der Waals surface area contributed by atoms with E-state index in [9.17, 15) is 4.79 Å². The van der Waals surface area contributed by atoms with Crippen LogP contribution in [0.25, 0.3) is 0 Å². The summed E-state index contributed by atoms with van der Waals surface area (Å²) in [5, 5.41) is 0. The Morgan fingerprint density at radius 2 is 1.88 bits per heavy atom. The van der Waals surface area contributed by atoms with E-state index >= 15 is 0 Å². The van der Waals surface area contributed by atoms with Gasteiger partial charge < -0.3 is 9.47 Å². The Balaban J connectivity index is 1.33. The number of hydrogen-bond acceptors (Lipinski definition) is 3. The molecule has 4 fully saturated rings. The summed E-state index contributed by atoms with van der Waals surface area (Å²) in [4.78, 5) is 12.5. The molecule has 0 N–H and O–H groups in total. The van der Waals surface area contributed by atoms with Crippen molar-refractivity contribution in [2.75, 3.05) is 13.2 Å². The Bertz CT molecular complexity index is 588. The maximum absolute atomic E-state index is 12.5. The lowest BCUT2D eigenvalue weighted by atomic mass is 9.50.